The largest absolute Gasteiger partial charge is 0.318 e. The molecule has 0 aliphatic heterocycles. The SMILES string of the molecule is CCN=C(C=C(C)C)c1cnc2c(c1)ncn2C. The van der Waals surface area contributed by atoms with Crippen LogP contribution in [0.4, 0.5) is 0 Å². The van der Waals surface area contributed by atoms with E-state index in [0.29, 0.717) is 0 Å². The smallest absolute Gasteiger partial charge is 0.159 e. The van der Waals surface area contributed by atoms with Crippen LogP contribution in [-0.2, 0) is 7.05 Å². The summed E-state index contributed by atoms with van der Waals surface area (Å²) in [6, 6.07) is 2.04. The molecular weight excluding hydrogens is 224 g/mol. The molecule has 2 aromatic heterocycles. The number of imidazole rings is 1. The van der Waals surface area contributed by atoms with Gasteiger partial charge in [0.05, 0.1) is 12.0 Å². The van der Waals surface area contributed by atoms with Crippen molar-refractivity contribution in [3.05, 3.63) is 35.8 Å². The van der Waals surface area contributed by atoms with Gasteiger partial charge in [-0.25, -0.2) is 9.97 Å². The van der Waals surface area contributed by atoms with Gasteiger partial charge in [0, 0.05) is 25.4 Å². The molecule has 0 unspecified atom stereocenters. The molecule has 0 N–H and O–H groups in total. The van der Waals surface area contributed by atoms with Crippen LogP contribution in [-0.4, -0.2) is 26.8 Å². The molecule has 0 amide bonds. The number of fused-ring (bicyclic) bond motifs is 1. The van der Waals surface area contributed by atoms with E-state index >= 15 is 0 Å². The van der Waals surface area contributed by atoms with E-state index in [0.717, 1.165) is 29.0 Å². The Bertz CT molecular complexity index is 616. The minimum atomic E-state index is 0.763. The zero-order valence-corrected chi connectivity index (χ0v) is 11.3. The van der Waals surface area contributed by atoms with Gasteiger partial charge in [-0.05, 0) is 32.9 Å². The van der Waals surface area contributed by atoms with E-state index in [1.807, 2.05) is 30.8 Å². The molecule has 4 heteroatoms. The third-order valence-electron chi connectivity index (χ3n) is 2.60. The van der Waals surface area contributed by atoms with Gasteiger partial charge in [-0.1, -0.05) is 5.57 Å². The average molecular weight is 242 g/mol. The van der Waals surface area contributed by atoms with Crippen molar-refractivity contribution in [3.8, 4) is 0 Å². The van der Waals surface area contributed by atoms with Crippen molar-refractivity contribution in [2.45, 2.75) is 20.8 Å². The van der Waals surface area contributed by atoms with E-state index in [9.17, 15) is 0 Å². The highest BCUT2D eigenvalue weighted by molar-refractivity contribution is 6.09. The predicted octanol–water partition coefficient (Wildman–Crippen LogP) is 2.74. The van der Waals surface area contributed by atoms with E-state index in [2.05, 4.69) is 34.9 Å². The minimum Gasteiger partial charge on any atom is -0.318 e. The third-order valence-corrected chi connectivity index (χ3v) is 2.60. The van der Waals surface area contributed by atoms with Crippen molar-refractivity contribution in [2.75, 3.05) is 6.54 Å². The molecule has 94 valence electrons. The van der Waals surface area contributed by atoms with Crippen LogP contribution >= 0.6 is 0 Å². The molecule has 2 aromatic rings. The zero-order valence-electron chi connectivity index (χ0n) is 11.3. The number of aliphatic imine (C=N–C) groups is 1. The number of hydrogen-bond acceptors (Lipinski definition) is 3. The molecule has 0 aromatic carbocycles. The Morgan fingerprint density at radius 1 is 1.39 bits per heavy atom. The van der Waals surface area contributed by atoms with Crippen LogP contribution in [0.25, 0.3) is 11.2 Å². The first-order chi connectivity index (χ1) is 8.61. The number of allylic oxidation sites excluding steroid dienone is 2. The summed E-state index contributed by atoms with van der Waals surface area (Å²) in [4.78, 5) is 13.3. The quantitative estimate of drug-likeness (QED) is 0.777. The molecule has 0 radical (unpaired) electrons. The number of pyridine rings is 1. The van der Waals surface area contributed by atoms with Crippen LogP contribution in [0.15, 0.2) is 35.2 Å². The van der Waals surface area contributed by atoms with Crippen LogP contribution in [0, 0.1) is 0 Å². The molecule has 2 heterocycles. The molecule has 0 aliphatic carbocycles. The summed E-state index contributed by atoms with van der Waals surface area (Å²) in [5.74, 6) is 0. The highest BCUT2D eigenvalue weighted by atomic mass is 15.1. The van der Waals surface area contributed by atoms with E-state index in [1.165, 1.54) is 5.57 Å². The highest BCUT2D eigenvalue weighted by Gasteiger charge is 2.06. The molecule has 0 atom stereocenters. The molecule has 0 saturated heterocycles. The number of nitrogens with zero attached hydrogens (tertiary/aromatic N) is 4. The minimum absolute atomic E-state index is 0.763. The van der Waals surface area contributed by atoms with Crippen molar-refractivity contribution >= 4 is 16.9 Å². The van der Waals surface area contributed by atoms with E-state index in [1.54, 1.807) is 6.33 Å². The van der Waals surface area contributed by atoms with Gasteiger partial charge in [0.1, 0.15) is 5.52 Å². The van der Waals surface area contributed by atoms with Crippen molar-refractivity contribution in [3.63, 3.8) is 0 Å². The Balaban J connectivity index is 2.51. The number of aromatic nitrogens is 3. The molecule has 18 heavy (non-hydrogen) atoms. The van der Waals surface area contributed by atoms with Gasteiger partial charge in [0.15, 0.2) is 5.65 Å². The van der Waals surface area contributed by atoms with Crippen molar-refractivity contribution < 1.29 is 0 Å². The Morgan fingerprint density at radius 2 is 2.17 bits per heavy atom. The highest BCUT2D eigenvalue weighted by Crippen LogP contribution is 2.12. The molecule has 0 saturated carbocycles. The molecule has 0 bridgehead atoms. The van der Waals surface area contributed by atoms with Crippen LogP contribution < -0.4 is 0 Å². The molecule has 2 rings (SSSR count). The summed E-state index contributed by atoms with van der Waals surface area (Å²) in [6.07, 6.45) is 5.71. The fourth-order valence-corrected chi connectivity index (χ4v) is 1.82. The van der Waals surface area contributed by atoms with E-state index < -0.39 is 0 Å². The lowest BCUT2D eigenvalue weighted by Crippen LogP contribution is -2.00. The maximum Gasteiger partial charge on any atom is 0.159 e. The standard InChI is InChI=1S/C14H18N4/c1-5-15-12(6-10(2)3)11-7-13-14(16-8-11)18(4)9-17-13/h6-9H,5H2,1-4H3. The summed E-state index contributed by atoms with van der Waals surface area (Å²) >= 11 is 0. The van der Waals surface area contributed by atoms with Gasteiger partial charge in [-0.2, -0.15) is 0 Å². The topological polar surface area (TPSA) is 43.1 Å². The average Bonchev–Trinajstić information content (AvgIpc) is 2.70. The Hall–Kier alpha value is -1.97. The second-order valence-electron chi connectivity index (χ2n) is 4.50. The van der Waals surface area contributed by atoms with Gasteiger partial charge < -0.3 is 4.57 Å². The Kier molecular flexibility index (Phi) is 3.55. The molecule has 0 spiro atoms. The van der Waals surface area contributed by atoms with Crippen molar-refractivity contribution in [1.29, 1.82) is 0 Å². The fourth-order valence-electron chi connectivity index (χ4n) is 1.82. The number of hydrogen-bond donors (Lipinski definition) is 0. The van der Waals surface area contributed by atoms with Gasteiger partial charge in [0.2, 0.25) is 0 Å². The maximum atomic E-state index is 4.51. The summed E-state index contributed by atoms with van der Waals surface area (Å²) in [6.45, 7) is 6.93. The number of rotatable bonds is 3. The molecule has 4 nitrogen and oxygen atoms in total. The summed E-state index contributed by atoms with van der Waals surface area (Å²) in [5.41, 5.74) is 5.01. The second kappa shape index (κ2) is 5.12. The van der Waals surface area contributed by atoms with Crippen LogP contribution in [0.5, 0.6) is 0 Å². The summed E-state index contributed by atoms with van der Waals surface area (Å²) < 4.78 is 1.91. The fraction of sp³-hybridized carbons (Fsp3) is 0.357. The predicted molar refractivity (Wildman–Crippen MR) is 75.0 cm³/mol. The second-order valence-corrected chi connectivity index (χ2v) is 4.50. The zero-order chi connectivity index (χ0) is 13.1. The monoisotopic (exact) mass is 242 g/mol. The first-order valence-corrected chi connectivity index (χ1v) is 6.08. The van der Waals surface area contributed by atoms with Crippen molar-refractivity contribution in [2.24, 2.45) is 12.0 Å². The van der Waals surface area contributed by atoms with Crippen LogP contribution in [0.1, 0.15) is 26.3 Å². The first-order valence-electron chi connectivity index (χ1n) is 6.08. The molecule has 0 fully saturated rings. The Labute approximate surface area is 107 Å². The van der Waals surface area contributed by atoms with Crippen molar-refractivity contribution in [1.82, 2.24) is 14.5 Å². The van der Waals surface area contributed by atoms with Crippen LogP contribution in [0.3, 0.4) is 0 Å². The molecule has 0 aliphatic rings. The lowest BCUT2D eigenvalue weighted by molar-refractivity contribution is 0.931. The van der Waals surface area contributed by atoms with Gasteiger partial charge in [-0.3, -0.25) is 4.99 Å². The maximum absolute atomic E-state index is 4.51. The summed E-state index contributed by atoms with van der Waals surface area (Å²) in [7, 11) is 1.94. The lowest BCUT2D eigenvalue weighted by atomic mass is 10.1. The molecular formula is C14H18N4. The summed E-state index contributed by atoms with van der Waals surface area (Å²) in [5, 5.41) is 0. The Morgan fingerprint density at radius 3 is 2.83 bits per heavy atom. The first kappa shape index (κ1) is 12.5. The van der Waals surface area contributed by atoms with Gasteiger partial charge in [-0.15, -0.1) is 0 Å². The normalized spacial score (nSPS) is 11.9. The number of aryl methyl sites for hydroxylation is 1. The van der Waals surface area contributed by atoms with Crippen LogP contribution in [0.2, 0.25) is 0 Å². The van der Waals surface area contributed by atoms with Gasteiger partial charge in [0.25, 0.3) is 0 Å². The van der Waals surface area contributed by atoms with Gasteiger partial charge >= 0.3 is 0 Å². The lowest BCUT2D eigenvalue weighted by Gasteiger charge is -2.03. The van der Waals surface area contributed by atoms with E-state index in [-0.39, 0.29) is 0 Å². The third kappa shape index (κ3) is 2.47. The van der Waals surface area contributed by atoms with E-state index in [4.69, 9.17) is 0 Å².